The summed E-state index contributed by atoms with van der Waals surface area (Å²) in [5.41, 5.74) is 2.06. The van der Waals surface area contributed by atoms with Crippen LogP contribution in [0.4, 0.5) is 11.5 Å². The van der Waals surface area contributed by atoms with E-state index in [4.69, 9.17) is 0 Å². The van der Waals surface area contributed by atoms with E-state index in [1.165, 1.54) is 0 Å². The number of hydrogen-bond acceptors (Lipinski definition) is 4. The molecule has 0 aliphatic heterocycles. The normalized spacial score (nSPS) is 10.7. The number of nitrogens with zero attached hydrogens (tertiary/aromatic N) is 3. The van der Waals surface area contributed by atoms with E-state index in [2.05, 4.69) is 41.5 Å². The van der Waals surface area contributed by atoms with Crippen LogP contribution in [0.2, 0.25) is 0 Å². The van der Waals surface area contributed by atoms with Crippen LogP contribution in [0.15, 0.2) is 42.5 Å². The van der Waals surface area contributed by atoms with Crippen molar-refractivity contribution in [3.05, 3.63) is 48.2 Å². The standard InChI is InChI=1S/C15H20N4/c1-12(2)16-11-13-9-10-15(18-17-13)19(3)14-7-5-4-6-8-14/h4-10,12,16H,11H2,1-3H3. The number of hydrogen-bond donors (Lipinski definition) is 1. The third kappa shape index (κ3) is 3.76. The number of benzene rings is 1. The molecule has 0 atom stereocenters. The summed E-state index contributed by atoms with van der Waals surface area (Å²) in [5.74, 6) is 0.847. The second-order valence-electron chi connectivity index (χ2n) is 4.81. The molecule has 1 aromatic carbocycles. The number of anilines is 2. The second-order valence-corrected chi connectivity index (χ2v) is 4.81. The summed E-state index contributed by atoms with van der Waals surface area (Å²) in [6.07, 6.45) is 0. The third-order valence-electron chi connectivity index (χ3n) is 2.88. The quantitative estimate of drug-likeness (QED) is 0.893. The zero-order valence-electron chi connectivity index (χ0n) is 11.7. The predicted octanol–water partition coefficient (Wildman–Crippen LogP) is 2.74. The van der Waals surface area contributed by atoms with E-state index in [9.17, 15) is 0 Å². The Kier molecular flexibility index (Phi) is 4.47. The number of aromatic nitrogens is 2. The molecule has 0 amide bonds. The first-order valence-electron chi connectivity index (χ1n) is 6.51. The van der Waals surface area contributed by atoms with Crippen molar-refractivity contribution in [1.29, 1.82) is 0 Å². The first kappa shape index (κ1) is 13.5. The van der Waals surface area contributed by atoms with Crippen LogP contribution in [-0.2, 0) is 6.54 Å². The fourth-order valence-corrected chi connectivity index (χ4v) is 1.72. The SMILES string of the molecule is CC(C)NCc1ccc(N(C)c2ccccc2)nn1. The zero-order chi connectivity index (χ0) is 13.7. The molecule has 0 spiro atoms. The van der Waals surface area contributed by atoms with Gasteiger partial charge < -0.3 is 10.2 Å². The summed E-state index contributed by atoms with van der Waals surface area (Å²) in [5, 5.41) is 11.8. The minimum absolute atomic E-state index is 0.452. The van der Waals surface area contributed by atoms with Crippen LogP contribution in [-0.4, -0.2) is 23.3 Å². The van der Waals surface area contributed by atoms with Gasteiger partial charge >= 0.3 is 0 Å². The molecular formula is C15H20N4. The molecule has 1 aromatic heterocycles. The van der Waals surface area contributed by atoms with Gasteiger partial charge in [-0.25, -0.2) is 0 Å². The highest BCUT2D eigenvalue weighted by atomic mass is 15.2. The van der Waals surface area contributed by atoms with Gasteiger partial charge in [-0.15, -0.1) is 5.10 Å². The topological polar surface area (TPSA) is 41.0 Å². The van der Waals surface area contributed by atoms with Crippen molar-refractivity contribution >= 4 is 11.5 Å². The molecule has 0 fully saturated rings. The van der Waals surface area contributed by atoms with Crippen molar-refractivity contribution in [2.75, 3.05) is 11.9 Å². The Morgan fingerprint density at radius 2 is 1.79 bits per heavy atom. The first-order chi connectivity index (χ1) is 9.16. The van der Waals surface area contributed by atoms with E-state index in [0.29, 0.717) is 6.04 Å². The summed E-state index contributed by atoms with van der Waals surface area (Å²) in [6, 6.07) is 14.6. The molecule has 19 heavy (non-hydrogen) atoms. The van der Waals surface area contributed by atoms with Gasteiger partial charge in [-0.05, 0) is 24.3 Å². The molecule has 0 unspecified atom stereocenters. The second kappa shape index (κ2) is 6.29. The predicted molar refractivity (Wildman–Crippen MR) is 78.5 cm³/mol. The van der Waals surface area contributed by atoms with E-state index in [0.717, 1.165) is 23.7 Å². The van der Waals surface area contributed by atoms with Gasteiger partial charge in [0.05, 0.1) is 5.69 Å². The van der Waals surface area contributed by atoms with E-state index in [1.807, 2.05) is 42.3 Å². The summed E-state index contributed by atoms with van der Waals surface area (Å²) >= 11 is 0. The highest BCUT2D eigenvalue weighted by Gasteiger charge is 2.05. The molecule has 0 aliphatic rings. The van der Waals surface area contributed by atoms with Crippen LogP contribution in [0.25, 0.3) is 0 Å². The van der Waals surface area contributed by atoms with Crippen LogP contribution in [0, 0.1) is 0 Å². The average molecular weight is 256 g/mol. The molecule has 0 bridgehead atoms. The zero-order valence-corrected chi connectivity index (χ0v) is 11.7. The van der Waals surface area contributed by atoms with Gasteiger partial charge in [0.2, 0.25) is 0 Å². The van der Waals surface area contributed by atoms with Crippen LogP contribution >= 0.6 is 0 Å². The number of nitrogens with one attached hydrogen (secondary N) is 1. The maximum absolute atomic E-state index is 4.27. The van der Waals surface area contributed by atoms with Crippen molar-refractivity contribution in [3.63, 3.8) is 0 Å². The van der Waals surface area contributed by atoms with Gasteiger partial charge in [0.15, 0.2) is 5.82 Å². The van der Waals surface area contributed by atoms with Gasteiger partial charge in [-0.3, -0.25) is 0 Å². The summed E-state index contributed by atoms with van der Waals surface area (Å²) in [6.45, 7) is 4.98. The molecule has 0 radical (unpaired) electrons. The highest BCUT2D eigenvalue weighted by molar-refractivity contribution is 5.58. The summed E-state index contributed by atoms with van der Waals surface area (Å²) < 4.78 is 0. The Balaban J connectivity index is 2.06. The molecule has 100 valence electrons. The highest BCUT2D eigenvalue weighted by Crippen LogP contribution is 2.19. The van der Waals surface area contributed by atoms with Crippen molar-refractivity contribution in [1.82, 2.24) is 15.5 Å². The van der Waals surface area contributed by atoms with Crippen LogP contribution in [0.5, 0.6) is 0 Å². The van der Waals surface area contributed by atoms with Crippen LogP contribution < -0.4 is 10.2 Å². The number of rotatable bonds is 5. The van der Waals surface area contributed by atoms with Crippen molar-refractivity contribution in [3.8, 4) is 0 Å². The first-order valence-corrected chi connectivity index (χ1v) is 6.51. The molecule has 0 saturated heterocycles. The van der Waals surface area contributed by atoms with Crippen molar-refractivity contribution in [2.24, 2.45) is 0 Å². The maximum Gasteiger partial charge on any atom is 0.155 e. The Labute approximate surface area is 114 Å². The van der Waals surface area contributed by atoms with Crippen molar-refractivity contribution in [2.45, 2.75) is 26.4 Å². The fraction of sp³-hybridized carbons (Fsp3) is 0.333. The molecule has 1 heterocycles. The van der Waals surface area contributed by atoms with Gasteiger partial charge in [-0.1, -0.05) is 32.0 Å². The van der Waals surface area contributed by atoms with E-state index in [1.54, 1.807) is 0 Å². The third-order valence-corrected chi connectivity index (χ3v) is 2.88. The largest absolute Gasteiger partial charge is 0.328 e. The minimum atomic E-state index is 0.452. The van der Waals surface area contributed by atoms with E-state index >= 15 is 0 Å². The van der Waals surface area contributed by atoms with E-state index < -0.39 is 0 Å². The Bertz CT molecular complexity index is 493. The summed E-state index contributed by atoms with van der Waals surface area (Å²) in [7, 11) is 1.99. The Morgan fingerprint density at radius 1 is 1.05 bits per heavy atom. The molecule has 0 aliphatic carbocycles. The lowest BCUT2D eigenvalue weighted by Gasteiger charge is -2.17. The molecule has 2 aromatic rings. The smallest absolute Gasteiger partial charge is 0.155 e. The molecule has 4 nitrogen and oxygen atoms in total. The van der Waals surface area contributed by atoms with Crippen LogP contribution in [0.1, 0.15) is 19.5 Å². The molecule has 1 N–H and O–H groups in total. The lowest BCUT2D eigenvalue weighted by Crippen LogP contribution is -2.22. The molecule has 2 rings (SSSR count). The fourth-order valence-electron chi connectivity index (χ4n) is 1.72. The molecule has 4 heteroatoms. The van der Waals surface area contributed by atoms with Crippen molar-refractivity contribution < 1.29 is 0 Å². The van der Waals surface area contributed by atoms with Crippen LogP contribution in [0.3, 0.4) is 0 Å². The minimum Gasteiger partial charge on any atom is -0.328 e. The van der Waals surface area contributed by atoms with Gasteiger partial charge in [-0.2, -0.15) is 5.10 Å². The Morgan fingerprint density at radius 3 is 2.37 bits per heavy atom. The molecular weight excluding hydrogens is 236 g/mol. The van der Waals surface area contributed by atoms with Gasteiger partial charge in [0.1, 0.15) is 0 Å². The maximum atomic E-state index is 4.27. The van der Waals surface area contributed by atoms with E-state index in [-0.39, 0.29) is 0 Å². The lowest BCUT2D eigenvalue weighted by molar-refractivity contribution is 0.577. The Hall–Kier alpha value is -1.94. The summed E-state index contributed by atoms with van der Waals surface area (Å²) in [4.78, 5) is 2.02. The monoisotopic (exact) mass is 256 g/mol. The lowest BCUT2D eigenvalue weighted by atomic mass is 10.3. The molecule has 0 saturated carbocycles. The van der Waals surface area contributed by atoms with Gasteiger partial charge in [0.25, 0.3) is 0 Å². The van der Waals surface area contributed by atoms with Gasteiger partial charge in [0, 0.05) is 25.3 Å². The number of para-hydroxylation sites is 1. The average Bonchev–Trinajstić information content (AvgIpc) is 2.46.